The van der Waals surface area contributed by atoms with Crippen molar-refractivity contribution in [3.8, 4) is 0 Å². The zero-order chi connectivity index (χ0) is 13.7. The van der Waals surface area contributed by atoms with Gasteiger partial charge in [0.05, 0.1) is 16.7 Å². The van der Waals surface area contributed by atoms with E-state index in [0.717, 1.165) is 28.7 Å². The van der Waals surface area contributed by atoms with Crippen molar-refractivity contribution in [2.24, 2.45) is 10.9 Å². The number of nitrogens with zero attached hydrogens (tertiary/aromatic N) is 3. The van der Waals surface area contributed by atoms with Gasteiger partial charge < -0.3 is 4.90 Å². The molecule has 3 aliphatic rings. The molecule has 102 valence electrons. The van der Waals surface area contributed by atoms with E-state index < -0.39 is 0 Å². The minimum absolute atomic E-state index is 0.146. The van der Waals surface area contributed by atoms with Crippen molar-refractivity contribution in [3.63, 3.8) is 0 Å². The molecule has 20 heavy (non-hydrogen) atoms. The Balaban J connectivity index is 1.79. The Labute approximate surface area is 120 Å². The normalized spacial score (nSPS) is 26.6. The minimum atomic E-state index is -0.344. The Morgan fingerprint density at radius 3 is 3.20 bits per heavy atom. The number of rotatable bonds is 1. The Bertz CT molecular complexity index is 656. The third-order valence-corrected chi connectivity index (χ3v) is 5.16. The van der Waals surface area contributed by atoms with Crippen molar-refractivity contribution < 1.29 is 4.92 Å². The zero-order valence-corrected chi connectivity index (χ0v) is 11.5. The molecule has 0 aromatic heterocycles. The second kappa shape index (κ2) is 4.34. The number of nitro groups is 1. The summed E-state index contributed by atoms with van der Waals surface area (Å²) < 4.78 is 0. The molecular weight excluding hydrogens is 274 g/mol. The van der Waals surface area contributed by atoms with Crippen molar-refractivity contribution in [1.29, 1.82) is 0 Å². The van der Waals surface area contributed by atoms with Crippen LogP contribution in [0, 0.1) is 16.0 Å². The molecular formula is C14H13N3O2S. The molecule has 2 atom stereocenters. The van der Waals surface area contributed by atoms with E-state index in [9.17, 15) is 10.1 Å². The molecule has 4 rings (SSSR count). The van der Waals surface area contributed by atoms with Gasteiger partial charge in [-0.3, -0.25) is 15.1 Å². The number of hydrogen-bond acceptors (Lipinski definition) is 5. The highest BCUT2D eigenvalue weighted by atomic mass is 32.2. The molecule has 0 unspecified atom stereocenters. The van der Waals surface area contributed by atoms with Gasteiger partial charge in [-0.1, -0.05) is 12.2 Å². The number of anilines is 1. The predicted molar refractivity (Wildman–Crippen MR) is 79.4 cm³/mol. The maximum atomic E-state index is 10.9. The minimum Gasteiger partial charge on any atom is -0.313 e. The molecule has 1 aliphatic carbocycles. The van der Waals surface area contributed by atoms with E-state index in [4.69, 9.17) is 0 Å². The summed E-state index contributed by atoms with van der Waals surface area (Å²) in [4.78, 5) is 18.4. The predicted octanol–water partition coefficient (Wildman–Crippen LogP) is 3.21. The quantitative estimate of drug-likeness (QED) is 0.452. The lowest BCUT2D eigenvalue weighted by atomic mass is 9.87. The van der Waals surface area contributed by atoms with Crippen LogP contribution in [0.2, 0.25) is 0 Å². The molecule has 0 spiro atoms. The molecule has 0 radical (unpaired) electrons. The highest BCUT2D eigenvalue weighted by Crippen LogP contribution is 2.46. The molecule has 1 aromatic rings. The lowest BCUT2D eigenvalue weighted by molar-refractivity contribution is -0.385. The van der Waals surface area contributed by atoms with Crippen molar-refractivity contribution in [2.75, 3.05) is 11.4 Å². The van der Waals surface area contributed by atoms with Crippen molar-refractivity contribution >= 4 is 28.3 Å². The Kier molecular flexibility index (Phi) is 2.60. The zero-order valence-electron chi connectivity index (χ0n) is 10.7. The van der Waals surface area contributed by atoms with Gasteiger partial charge in [0.1, 0.15) is 0 Å². The van der Waals surface area contributed by atoms with Crippen LogP contribution < -0.4 is 4.90 Å². The lowest BCUT2D eigenvalue weighted by Crippen LogP contribution is -2.46. The molecule has 1 aromatic carbocycles. The summed E-state index contributed by atoms with van der Waals surface area (Å²) in [5, 5.41) is 11.9. The maximum Gasteiger partial charge on any atom is 0.270 e. The average molecular weight is 287 g/mol. The summed E-state index contributed by atoms with van der Waals surface area (Å²) in [6, 6.07) is 5.45. The molecule has 5 nitrogen and oxygen atoms in total. The van der Waals surface area contributed by atoms with Gasteiger partial charge in [0, 0.05) is 29.5 Å². The number of fused-ring (bicyclic) bond motifs is 5. The summed E-state index contributed by atoms with van der Waals surface area (Å²) in [6.07, 6.45) is 6.79. The first-order chi connectivity index (χ1) is 9.74. The number of allylic oxidation sites excluding steroid dienone is 1. The van der Waals surface area contributed by atoms with E-state index in [1.807, 2.05) is 6.07 Å². The molecule has 2 aliphatic heterocycles. The monoisotopic (exact) mass is 287 g/mol. The highest BCUT2D eigenvalue weighted by Gasteiger charge is 2.39. The average Bonchev–Trinajstić information content (AvgIpc) is 2.85. The Morgan fingerprint density at radius 1 is 1.45 bits per heavy atom. The standard InChI is InChI=1S/C14H13N3O2S/c18-17(19)10-5-6-12-13(7-10)20-14-15-8-9-3-1-2-4-11(9)16(12)14/h2,4-7,9,11H,1,3,8H2/t9-,11-/m0/s1. The van der Waals surface area contributed by atoms with Crippen LogP contribution in [0.4, 0.5) is 11.4 Å². The smallest absolute Gasteiger partial charge is 0.270 e. The molecule has 0 bridgehead atoms. The third kappa shape index (κ3) is 1.67. The number of amidine groups is 1. The van der Waals surface area contributed by atoms with E-state index >= 15 is 0 Å². The molecule has 0 amide bonds. The molecule has 2 heterocycles. The van der Waals surface area contributed by atoms with Gasteiger partial charge in [-0.15, -0.1) is 0 Å². The number of benzene rings is 1. The summed E-state index contributed by atoms with van der Waals surface area (Å²) in [5.74, 6) is 0.561. The largest absolute Gasteiger partial charge is 0.313 e. The van der Waals surface area contributed by atoms with Crippen molar-refractivity contribution in [1.82, 2.24) is 0 Å². The van der Waals surface area contributed by atoms with Crippen LogP contribution in [0.3, 0.4) is 0 Å². The number of thioether (sulfide) groups is 1. The maximum absolute atomic E-state index is 10.9. The Morgan fingerprint density at radius 2 is 2.35 bits per heavy atom. The third-order valence-electron chi connectivity index (χ3n) is 4.10. The first-order valence-electron chi connectivity index (χ1n) is 6.71. The lowest BCUT2D eigenvalue weighted by Gasteiger charge is -2.38. The van der Waals surface area contributed by atoms with Crippen molar-refractivity contribution in [2.45, 2.75) is 23.8 Å². The first-order valence-corrected chi connectivity index (χ1v) is 7.52. The van der Waals surface area contributed by atoms with Gasteiger partial charge in [-0.25, -0.2) is 0 Å². The highest BCUT2D eigenvalue weighted by molar-refractivity contribution is 8.14. The van der Waals surface area contributed by atoms with E-state index in [-0.39, 0.29) is 10.6 Å². The van der Waals surface area contributed by atoms with Crippen LogP contribution in [0.15, 0.2) is 40.2 Å². The number of aliphatic imine (C=N–C) groups is 1. The van der Waals surface area contributed by atoms with Crippen LogP contribution >= 0.6 is 11.8 Å². The van der Waals surface area contributed by atoms with Crippen molar-refractivity contribution in [3.05, 3.63) is 40.5 Å². The van der Waals surface area contributed by atoms with Gasteiger partial charge in [-0.2, -0.15) is 0 Å². The van der Waals surface area contributed by atoms with E-state index in [2.05, 4.69) is 22.0 Å². The fraction of sp³-hybridized carbons (Fsp3) is 0.357. The van der Waals surface area contributed by atoms with Gasteiger partial charge in [0.15, 0.2) is 5.17 Å². The second-order valence-corrected chi connectivity index (χ2v) is 6.27. The molecule has 0 saturated heterocycles. The van der Waals surface area contributed by atoms with Crippen LogP contribution in [0.25, 0.3) is 0 Å². The van der Waals surface area contributed by atoms with Gasteiger partial charge in [-0.05, 0) is 30.7 Å². The topological polar surface area (TPSA) is 58.7 Å². The SMILES string of the molecule is O=[N+]([O-])c1ccc2c(c1)SC1=NC[C@@H]3CCC=C[C@@H]3N12. The van der Waals surface area contributed by atoms with E-state index in [1.54, 1.807) is 23.9 Å². The molecule has 0 fully saturated rings. The first kappa shape index (κ1) is 12.0. The molecule has 6 heteroatoms. The number of nitro benzene ring substituents is 1. The number of hydrogen-bond donors (Lipinski definition) is 0. The van der Waals surface area contributed by atoms with E-state index in [1.165, 1.54) is 6.42 Å². The summed E-state index contributed by atoms with van der Waals surface area (Å²) in [5.41, 5.74) is 1.20. The summed E-state index contributed by atoms with van der Waals surface area (Å²) in [7, 11) is 0. The summed E-state index contributed by atoms with van der Waals surface area (Å²) >= 11 is 1.54. The van der Waals surface area contributed by atoms with Gasteiger partial charge in [0.25, 0.3) is 5.69 Å². The Hall–Kier alpha value is -1.82. The summed E-state index contributed by atoms with van der Waals surface area (Å²) in [6.45, 7) is 0.865. The van der Waals surface area contributed by atoms with E-state index in [0.29, 0.717) is 12.0 Å². The van der Waals surface area contributed by atoms with Crippen LogP contribution in [-0.2, 0) is 0 Å². The van der Waals surface area contributed by atoms with Gasteiger partial charge >= 0.3 is 0 Å². The van der Waals surface area contributed by atoms with Gasteiger partial charge in [0.2, 0.25) is 0 Å². The second-order valence-electron chi connectivity index (χ2n) is 5.26. The van der Waals surface area contributed by atoms with Crippen LogP contribution in [-0.4, -0.2) is 22.7 Å². The number of non-ortho nitro benzene ring substituents is 1. The molecule has 0 saturated carbocycles. The van der Waals surface area contributed by atoms with Crippen LogP contribution in [0.1, 0.15) is 12.8 Å². The van der Waals surface area contributed by atoms with Crippen LogP contribution in [0.5, 0.6) is 0 Å². The fourth-order valence-electron chi connectivity index (χ4n) is 3.11. The molecule has 0 N–H and O–H groups in total. The fourth-order valence-corrected chi connectivity index (χ4v) is 4.21.